The van der Waals surface area contributed by atoms with Gasteiger partial charge in [-0.25, -0.2) is 8.42 Å². The Hall–Kier alpha value is -0.580. The Morgan fingerprint density at radius 1 is 1.14 bits per heavy atom. The highest BCUT2D eigenvalue weighted by atomic mass is 35.5. The van der Waals surface area contributed by atoms with Gasteiger partial charge < -0.3 is 0 Å². The molecule has 0 amide bonds. The van der Waals surface area contributed by atoms with E-state index in [0.717, 1.165) is 17.5 Å². The zero-order valence-corrected chi connectivity index (χ0v) is 14.5. The van der Waals surface area contributed by atoms with Crippen LogP contribution >= 0.6 is 11.6 Å². The van der Waals surface area contributed by atoms with Crippen molar-refractivity contribution < 1.29 is 8.42 Å². The van der Waals surface area contributed by atoms with E-state index in [4.69, 9.17) is 11.6 Å². The summed E-state index contributed by atoms with van der Waals surface area (Å²) >= 11 is 5.76. The molecule has 1 aliphatic heterocycles. The topological polar surface area (TPSA) is 37.4 Å². The van der Waals surface area contributed by atoms with Crippen molar-refractivity contribution in [3.8, 4) is 0 Å². The number of rotatable bonds is 4. The summed E-state index contributed by atoms with van der Waals surface area (Å²) in [5.41, 5.74) is 1.83. The molecule has 0 N–H and O–H groups in total. The fraction of sp³-hybridized carbons (Fsp3) is 0.625. The zero-order valence-electron chi connectivity index (χ0n) is 12.9. The van der Waals surface area contributed by atoms with Crippen molar-refractivity contribution in [3.63, 3.8) is 0 Å². The van der Waals surface area contributed by atoms with Crippen LogP contribution in [0.3, 0.4) is 0 Å². The van der Waals surface area contributed by atoms with E-state index >= 15 is 0 Å². The van der Waals surface area contributed by atoms with Crippen LogP contribution in [0.25, 0.3) is 0 Å². The van der Waals surface area contributed by atoms with Gasteiger partial charge >= 0.3 is 0 Å². The summed E-state index contributed by atoms with van der Waals surface area (Å²) in [6.45, 7) is 6.91. The summed E-state index contributed by atoms with van der Waals surface area (Å²) in [6, 6.07) is 7.58. The summed E-state index contributed by atoms with van der Waals surface area (Å²) in [5.74, 6) is 1.34. The average Bonchev–Trinajstić information content (AvgIpc) is 2.43. The fourth-order valence-corrected chi connectivity index (χ4v) is 5.20. The molecule has 2 rings (SSSR count). The molecule has 3 unspecified atom stereocenters. The largest absolute Gasteiger partial charge is 0.218 e. The second-order valence-corrected chi connectivity index (χ2v) is 8.52. The molecule has 0 spiro atoms. The minimum atomic E-state index is -3.27. The lowest BCUT2D eigenvalue weighted by Gasteiger charge is -2.40. The van der Waals surface area contributed by atoms with Gasteiger partial charge in [0.25, 0.3) is 0 Å². The number of alkyl halides is 1. The van der Waals surface area contributed by atoms with E-state index in [9.17, 15) is 8.42 Å². The number of hydrogen-bond donors (Lipinski definition) is 0. The Kier molecular flexibility index (Phi) is 5.33. The zero-order chi connectivity index (χ0) is 15.6. The highest BCUT2D eigenvalue weighted by molar-refractivity contribution is 7.88. The van der Waals surface area contributed by atoms with Crippen LogP contribution in [0, 0.1) is 11.8 Å². The van der Waals surface area contributed by atoms with Gasteiger partial charge in [-0.05, 0) is 36.3 Å². The van der Waals surface area contributed by atoms with E-state index in [2.05, 4.69) is 13.8 Å². The highest BCUT2D eigenvalue weighted by Crippen LogP contribution is 2.30. The number of halogens is 1. The molecule has 5 heteroatoms. The quantitative estimate of drug-likeness (QED) is 0.791. The second-order valence-electron chi connectivity index (χ2n) is 6.33. The summed E-state index contributed by atoms with van der Waals surface area (Å²) in [5, 5.41) is 0. The number of hydrogen-bond acceptors (Lipinski definition) is 2. The van der Waals surface area contributed by atoms with E-state index < -0.39 is 10.0 Å². The molecule has 0 bridgehead atoms. The summed E-state index contributed by atoms with van der Waals surface area (Å²) in [6.07, 6.45) is 1.09. The Balaban J connectivity index is 2.16. The van der Waals surface area contributed by atoms with Gasteiger partial charge in [-0.2, -0.15) is 4.31 Å². The number of piperidine rings is 1. The van der Waals surface area contributed by atoms with Crippen LogP contribution in [0.15, 0.2) is 24.3 Å². The molecule has 0 aromatic heterocycles. The van der Waals surface area contributed by atoms with E-state index in [-0.39, 0.29) is 11.8 Å². The van der Waals surface area contributed by atoms with Crippen molar-refractivity contribution in [3.05, 3.63) is 35.4 Å². The summed E-state index contributed by atoms with van der Waals surface area (Å²) < 4.78 is 27.1. The molecule has 0 saturated carbocycles. The number of sulfonamides is 1. The van der Waals surface area contributed by atoms with Crippen LogP contribution in [0.1, 0.15) is 38.3 Å². The third-order valence-electron chi connectivity index (χ3n) is 4.43. The molecule has 0 aliphatic carbocycles. The molecular formula is C16H24ClNO2S. The summed E-state index contributed by atoms with van der Waals surface area (Å²) in [4.78, 5) is 0. The normalized spacial score (nSPS) is 27.7. The molecule has 1 aromatic rings. The van der Waals surface area contributed by atoms with Gasteiger partial charge in [0.1, 0.15) is 0 Å². The van der Waals surface area contributed by atoms with Crippen LogP contribution in [0.5, 0.6) is 0 Å². The van der Waals surface area contributed by atoms with Crippen molar-refractivity contribution in [1.82, 2.24) is 4.31 Å². The molecule has 3 atom stereocenters. The highest BCUT2D eigenvalue weighted by Gasteiger charge is 2.36. The van der Waals surface area contributed by atoms with Crippen LogP contribution in [0.4, 0.5) is 0 Å². The molecule has 1 aromatic carbocycles. The summed E-state index contributed by atoms with van der Waals surface area (Å²) in [7, 11) is -3.27. The van der Waals surface area contributed by atoms with E-state index in [1.165, 1.54) is 0 Å². The second kappa shape index (κ2) is 6.67. The number of benzene rings is 1. The van der Waals surface area contributed by atoms with Crippen molar-refractivity contribution in [2.75, 3.05) is 6.54 Å². The average molecular weight is 330 g/mol. The molecule has 1 fully saturated rings. The van der Waals surface area contributed by atoms with Crippen molar-refractivity contribution in [2.24, 2.45) is 11.8 Å². The van der Waals surface area contributed by atoms with Gasteiger partial charge in [-0.1, -0.05) is 38.1 Å². The minimum absolute atomic E-state index is 0.0688. The van der Waals surface area contributed by atoms with Gasteiger partial charge in [0.15, 0.2) is 0 Å². The van der Waals surface area contributed by atoms with Crippen molar-refractivity contribution in [1.29, 1.82) is 0 Å². The van der Waals surface area contributed by atoms with Gasteiger partial charge in [-0.15, -0.1) is 11.6 Å². The molecule has 0 radical (unpaired) electrons. The smallest absolute Gasteiger partial charge is 0.212 e. The van der Waals surface area contributed by atoms with Crippen LogP contribution in [-0.2, 0) is 21.7 Å². The number of nitrogens with zero attached hydrogens (tertiary/aromatic N) is 1. The maximum atomic E-state index is 12.7. The molecule has 1 aliphatic rings. The van der Waals surface area contributed by atoms with E-state index in [1.807, 2.05) is 31.2 Å². The van der Waals surface area contributed by atoms with Crippen LogP contribution in [-0.4, -0.2) is 25.3 Å². The maximum absolute atomic E-state index is 12.7. The SMILES string of the molecule is CC1CC(C)C(C)N(S(=O)(=O)Cc2ccc(CCl)cc2)C1. The van der Waals surface area contributed by atoms with Gasteiger partial charge in [0, 0.05) is 18.5 Å². The Morgan fingerprint density at radius 3 is 2.29 bits per heavy atom. The van der Waals surface area contributed by atoms with Crippen LogP contribution in [0.2, 0.25) is 0 Å². The van der Waals surface area contributed by atoms with Crippen LogP contribution < -0.4 is 0 Å². The standard InChI is InChI=1S/C16H24ClNO2S/c1-12-8-13(2)14(3)18(10-12)21(19,20)11-16-6-4-15(9-17)5-7-16/h4-7,12-14H,8-11H2,1-3H3. The first-order valence-electron chi connectivity index (χ1n) is 7.46. The minimum Gasteiger partial charge on any atom is -0.212 e. The monoisotopic (exact) mass is 329 g/mol. The molecule has 3 nitrogen and oxygen atoms in total. The molecule has 21 heavy (non-hydrogen) atoms. The molecule has 1 heterocycles. The lowest BCUT2D eigenvalue weighted by Crippen LogP contribution is -2.49. The van der Waals surface area contributed by atoms with Crippen molar-refractivity contribution in [2.45, 2.75) is 44.9 Å². The predicted octanol–water partition coefficient (Wildman–Crippen LogP) is 3.62. The van der Waals surface area contributed by atoms with E-state index in [0.29, 0.717) is 24.3 Å². The first kappa shape index (κ1) is 16.8. The predicted molar refractivity (Wildman–Crippen MR) is 87.7 cm³/mol. The molecular weight excluding hydrogens is 306 g/mol. The Bertz CT molecular complexity index is 570. The third-order valence-corrected chi connectivity index (χ3v) is 6.63. The molecule has 1 saturated heterocycles. The van der Waals surface area contributed by atoms with E-state index in [1.54, 1.807) is 4.31 Å². The van der Waals surface area contributed by atoms with Gasteiger partial charge in [0.2, 0.25) is 10.0 Å². The molecule has 118 valence electrons. The van der Waals surface area contributed by atoms with Gasteiger partial charge in [0.05, 0.1) is 5.75 Å². The Labute approximate surface area is 133 Å². The lowest BCUT2D eigenvalue weighted by atomic mass is 9.88. The fourth-order valence-electron chi connectivity index (χ4n) is 3.05. The first-order valence-corrected chi connectivity index (χ1v) is 9.61. The van der Waals surface area contributed by atoms with Crippen molar-refractivity contribution >= 4 is 21.6 Å². The lowest BCUT2D eigenvalue weighted by molar-refractivity contribution is 0.157. The first-order chi connectivity index (χ1) is 9.83. The van der Waals surface area contributed by atoms with Gasteiger partial charge in [-0.3, -0.25) is 0 Å². The maximum Gasteiger partial charge on any atom is 0.218 e. The Morgan fingerprint density at radius 2 is 1.71 bits per heavy atom. The third kappa shape index (κ3) is 3.99.